The van der Waals surface area contributed by atoms with Crippen molar-refractivity contribution in [2.24, 2.45) is 0 Å². The number of piperidine rings is 1. The molecule has 6 heteroatoms. The maximum Gasteiger partial charge on any atom is 0.243 e. The number of sulfonamides is 1. The molecular weight excluding hydrogens is 326 g/mol. The van der Waals surface area contributed by atoms with Gasteiger partial charge in [0, 0.05) is 22.9 Å². The van der Waals surface area contributed by atoms with Crippen LogP contribution in [0, 0.1) is 0 Å². The predicted molar refractivity (Wildman–Crippen MR) is 72.2 cm³/mol. The van der Waals surface area contributed by atoms with Crippen molar-refractivity contribution >= 4 is 37.6 Å². The number of nitrogens with zero attached hydrogens (tertiary/aromatic N) is 1. The Labute approximate surface area is 115 Å². The quantitative estimate of drug-likeness (QED) is 0.778. The first-order valence-corrected chi connectivity index (χ1v) is 8.13. The first kappa shape index (κ1) is 13.3. The van der Waals surface area contributed by atoms with Gasteiger partial charge in [-0.2, -0.15) is 4.31 Å². The van der Waals surface area contributed by atoms with Gasteiger partial charge in [-0.15, -0.1) is 0 Å². The molecule has 3 nitrogen and oxygen atoms in total. The maximum absolute atomic E-state index is 12.3. The summed E-state index contributed by atoms with van der Waals surface area (Å²) in [5, 5.41) is 0.543. The lowest BCUT2D eigenvalue weighted by Crippen LogP contribution is -2.40. The lowest BCUT2D eigenvalue weighted by atomic mass is 10.2. The summed E-state index contributed by atoms with van der Waals surface area (Å²) in [5.74, 6) is 0. The van der Waals surface area contributed by atoms with Crippen LogP contribution in [0.4, 0.5) is 0 Å². The number of rotatable bonds is 2. The third kappa shape index (κ3) is 3.02. The van der Waals surface area contributed by atoms with Gasteiger partial charge >= 0.3 is 0 Å². The van der Waals surface area contributed by atoms with E-state index >= 15 is 0 Å². The Morgan fingerprint density at radius 2 is 1.94 bits per heavy atom. The number of halogens is 2. The Balaban J connectivity index is 2.26. The molecule has 1 aliphatic rings. The van der Waals surface area contributed by atoms with E-state index in [-0.39, 0.29) is 4.83 Å². The van der Waals surface area contributed by atoms with Crippen molar-refractivity contribution in [3.05, 3.63) is 29.3 Å². The third-order valence-corrected chi connectivity index (χ3v) is 5.66. The zero-order chi connectivity index (χ0) is 12.5. The lowest BCUT2D eigenvalue weighted by molar-refractivity contribution is 0.356. The van der Waals surface area contributed by atoms with Gasteiger partial charge < -0.3 is 0 Å². The number of alkyl halides is 1. The molecular formula is C11H13BrClNO2S. The van der Waals surface area contributed by atoms with E-state index in [9.17, 15) is 8.42 Å². The van der Waals surface area contributed by atoms with Crippen LogP contribution in [0.3, 0.4) is 0 Å². The van der Waals surface area contributed by atoms with Gasteiger partial charge in [0.05, 0.1) is 4.90 Å². The molecule has 1 fully saturated rings. The van der Waals surface area contributed by atoms with Crippen LogP contribution < -0.4 is 0 Å². The third-order valence-electron chi connectivity index (χ3n) is 2.78. The molecule has 17 heavy (non-hydrogen) atoms. The van der Waals surface area contributed by atoms with Crippen LogP contribution in [0.2, 0.25) is 5.02 Å². The van der Waals surface area contributed by atoms with Crippen LogP contribution in [0.25, 0.3) is 0 Å². The molecule has 0 saturated carbocycles. The molecule has 0 bridgehead atoms. The smallest absolute Gasteiger partial charge is 0.207 e. The highest BCUT2D eigenvalue weighted by Crippen LogP contribution is 2.24. The van der Waals surface area contributed by atoms with Crippen LogP contribution in [0.1, 0.15) is 12.8 Å². The van der Waals surface area contributed by atoms with Crippen molar-refractivity contribution in [3.63, 3.8) is 0 Å². The molecule has 0 amide bonds. The highest BCUT2D eigenvalue weighted by Gasteiger charge is 2.28. The van der Waals surface area contributed by atoms with Crippen LogP contribution in [0.15, 0.2) is 29.2 Å². The zero-order valence-corrected chi connectivity index (χ0v) is 12.3. The predicted octanol–water partition coefficient (Wildman–Crippen LogP) is 2.89. The van der Waals surface area contributed by atoms with Gasteiger partial charge in [-0.05, 0) is 37.1 Å². The molecule has 0 radical (unpaired) electrons. The highest BCUT2D eigenvalue weighted by atomic mass is 79.9. The average molecular weight is 339 g/mol. The normalized spacial score (nSPS) is 22.6. The van der Waals surface area contributed by atoms with Crippen molar-refractivity contribution in [2.45, 2.75) is 22.6 Å². The molecule has 1 aliphatic heterocycles. The van der Waals surface area contributed by atoms with E-state index < -0.39 is 10.0 Å². The Kier molecular flexibility index (Phi) is 4.13. The van der Waals surface area contributed by atoms with E-state index in [2.05, 4.69) is 15.9 Å². The van der Waals surface area contributed by atoms with E-state index in [1.54, 1.807) is 24.3 Å². The van der Waals surface area contributed by atoms with Crippen molar-refractivity contribution in [1.29, 1.82) is 0 Å². The van der Waals surface area contributed by atoms with Crippen LogP contribution >= 0.6 is 27.5 Å². The van der Waals surface area contributed by atoms with Gasteiger partial charge in [-0.1, -0.05) is 27.5 Å². The first-order chi connectivity index (χ1) is 8.00. The summed E-state index contributed by atoms with van der Waals surface area (Å²) < 4.78 is 26.1. The van der Waals surface area contributed by atoms with E-state index in [1.807, 2.05) is 0 Å². The van der Waals surface area contributed by atoms with E-state index in [0.717, 1.165) is 12.8 Å². The fourth-order valence-corrected chi connectivity index (χ4v) is 4.38. The summed E-state index contributed by atoms with van der Waals surface area (Å²) in [7, 11) is -3.37. The fraction of sp³-hybridized carbons (Fsp3) is 0.455. The van der Waals surface area contributed by atoms with Crippen molar-refractivity contribution in [2.75, 3.05) is 13.1 Å². The minimum absolute atomic E-state index is 0.248. The second-order valence-corrected chi connectivity index (χ2v) is 7.73. The monoisotopic (exact) mass is 337 g/mol. The molecule has 1 unspecified atom stereocenters. The summed E-state index contributed by atoms with van der Waals surface area (Å²) in [6.07, 6.45) is 1.91. The molecule has 1 heterocycles. The molecule has 0 aliphatic carbocycles. The number of benzene rings is 1. The molecule has 0 aromatic heterocycles. The lowest BCUT2D eigenvalue weighted by Gasteiger charge is -2.29. The van der Waals surface area contributed by atoms with Crippen LogP contribution in [0.5, 0.6) is 0 Å². The minimum Gasteiger partial charge on any atom is -0.207 e. The zero-order valence-electron chi connectivity index (χ0n) is 9.14. The van der Waals surface area contributed by atoms with E-state index in [1.165, 1.54) is 4.31 Å². The number of hydrogen-bond acceptors (Lipinski definition) is 2. The maximum atomic E-state index is 12.3. The molecule has 1 aromatic rings. The standard InChI is InChI=1S/C11H13BrClNO2S/c12-9-2-1-7-14(8-9)17(15,16)11-5-3-10(13)4-6-11/h3-6,9H,1-2,7-8H2. The summed E-state index contributed by atoms with van der Waals surface area (Å²) >= 11 is 9.23. The van der Waals surface area contributed by atoms with Gasteiger partial charge in [-0.3, -0.25) is 0 Å². The Morgan fingerprint density at radius 1 is 1.29 bits per heavy atom. The van der Waals surface area contributed by atoms with E-state index in [4.69, 9.17) is 11.6 Å². The molecule has 1 atom stereocenters. The molecule has 1 saturated heterocycles. The molecule has 0 spiro atoms. The molecule has 1 aromatic carbocycles. The first-order valence-electron chi connectivity index (χ1n) is 5.40. The second-order valence-electron chi connectivity index (χ2n) is 4.06. The number of hydrogen-bond donors (Lipinski definition) is 0. The summed E-state index contributed by atoms with van der Waals surface area (Å²) in [5.41, 5.74) is 0. The molecule has 94 valence electrons. The topological polar surface area (TPSA) is 37.4 Å². The van der Waals surface area contributed by atoms with Crippen molar-refractivity contribution in [1.82, 2.24) is 4.31 Å². The van der Waals surface area contributed by atoms with Gasteiger partial charge in [0.25, 0.3) is 0 Å². The Morgan fingerprint density at radius 3 is 2.53 bits per heavy atom. The molecule has 0 N–H and O–H groups in total. The van der Waals surface area contributed by atoms with Crippen LogP contribution in [-0.4, -0.2) is 30.6 Å². The van der Waals surface area contributed by atoms with Gasteiger partial charge in [-0.25, -0.2) is 8.42 Å². The van der Waals surface area contributed by atoms with Crippen LogP contribution in [-0.2, 0) is 10.0 Å². The Hall–Kier alpha value is -0.100. The fourth-order valence-electron chi connectivity index (χ4n) is 1.87. The summed E-state index contributed by atoms with van der Waals surface area (Å²) in [6.45, 7) is 1.12. The van der Waals surface area contributed by atoms with E-state index in [0.29, 0.717) is 23.0 Å². The SMILES string of the molecule is O=S(=O)(c1ccc(Cl)cc1)N1CCCC(Br)C1. The minimum atomic E-state index is -3.37. The Bertz CT molecular complexity index is 489. The highest BCUT2D eigenvalue weighted by molar-refractivity contribution is 9.09. The van der Waals surface area contributed by atoms with Crippen molar-refractivity contribution < 1.29 is 8.42 Å². The van der Waals surface area contributed by atoms with Gasteiger partial charge in [0.1, 0.15) is 0 Å². The largest absolute Gasteiger partial charge is 0.243 e. The molecule has 2 rings (SSSR count). The van der Waals surface area contributed by atoms with Gasteiger partial charge in [0.15, 0.2) is 0 Å². The summed E-state index contributed by atoms with van der Waals surface area (Å²) in [4.78, 5) is 0.557. The average Bonchev–Trinajstić information content (AvgIpc) is 2.29. The van der Waals surface area contributed by atoms with Crippen molar-refractivity contribution in [3.8, 4) is 0 Å². The second kappa shape index (κ2) is 5.26. The van der Waals surface area contributed by atoms with Gasteiger partial charge in [0.2, 0.25) is 10.0 Å². The summed E-state index contributed by atoms with van der Waals surface area (Å²) in [6, 6.07) is 6.30.